The molecule has 2 aromatic rings. The van der Waals surface area contributed by atoms with E-state index < -0.39 is 0 Å². The lowest BCUT2D eigenvalue weighted by Gasteiger charge is -2.10. The SMILES string of the molecule is COc1c(Br)cccc1-c1cnn(CC(=O)N(C)C)c1. The summed E-state index contributed by atoms with van der Waals surface area (Å²) in [4.78, 5) is 13.2. The van der Waals surface area contributed by atoms with Crippen molar-refractivity contribution in [1.82, 2.24) is 14.7 Å². The van der Waals surface area contributed by atoms with Crippen LogP contribution in [0.3, 0.4) is 0 Å². The molecule has 0 spiro atoms. The lowest BCUT2D eigenvalue weighted by Crippen LogP contribution is -2.26. The summed E-state index contributed by atoms with van der Waals surface area (Å²) < 4.78 is 7.91. The summed E-state index contributed by atoms with van der Waals surface area (Å²) in [7, 11) is 5.08. The molecule has 1 heterocycles. The van der Waals surface area contributed by atoms with Crippen molar-refractivity contribution in [3.8, 4) is 16.9 Å². The molecule has 0 N–H and O–H groups in total. The fourth-order valence-electron chi connectivity index (χ4n) is 1.81. The minimum absolute atomic E-state index is 0.000794. The van der Waals surface area contributed by atoms with Gasteiger partial charge in [-0.15, -0.1) is 0 Å². The Hall–Kier alpha value is -1.82. The standard InChI is InChI=1S/C14H16BrN3O2/c1-17(2)13(19)9-18-8-10(7-16-18)11-5-4-6-12(15)14(11)20-3/h4-8H,9H2,1-3H3. The number of likely N-dealkylation sites (N-methyl/N-ethyl adjacent to an activating group) is 1. The van der Waals surface area contributed by atoms with E-state index >= 15 is 0 Å². The summed E-state index contributed by atoms with van der Waals surface area (Å²) in [6.45, 7) is 0.226. The molecule has 0 aliphatic carbocycles. The van der Waals surface area contributed by atoms with Gasteiger partial charge < -0.3 is 9.64 Å². The van der Waals surface area contributed by atoms with Gasteiger partial charge in [-0.25, -0.2) is 0 Å². The predicted molar refractivity (Wildman–Crippen MR) is 80.6 cm³/mol. The van der Waals surface area contributed by atoms with Crippen LogP contribution in [0.5, 0.6) is 5.75 Å². The van der Waals surface area contributed by atoms with Gasteiger partial charge in [0.05, 0.1) is 17.8 Å². The first-order valence-corrected chi connectivity index (χ1v) is 6.87. The maximum Gasteiger partial charge on any atom is 0.243 e. The number of hydrogen-bond donors (Lipinski definition) is 0. The zero-order valence-electron chi connectivity index (χ0n) is 11.6. The van der Waals surface area contributed by atoms with Crippen molar-refractivity contribution in [2.24, 2.45) is 0 Å². The molecule has 1 amide bonds. The Labute approximate surface area is 126 Å². The predicted octanol–water partition coefficient (Wildman–Crippen LogP) is 2.41. The van der Waals surface area contributed by atoms with E-state index in [9.17, 15) is 4.79 Å². The molecule has 0 saturated carbocycles. The molecule has 0 unspecified atom stereocenters. The van der Waals surface area contributed by atoms with Crippen molar-refractivity contribution in [1.29, 1.82) is 0 Å². The third-order valence-corrected chi connectivity index (χ3v) is 3.54. The largest absolute Gasteiger partial charge is 0.495 e. The number of carbonyl (C=O) groups is 1. The minimum Gasteiger partial charge on any atom is -0.495 e. The summed E-state index contributed by atoms with van der Waals surface area (Å²) >= 11 is 3.46. The number of ether oxygens (including phenoxy) is 1. The number of methoxy groups -OCH3 is 1. The minimum atomic E-state index is 0.000794. The van der Waals surface area contributed by atoms with Crippen LogP contribution in [-0.2, 0) is 11.3 Å². The van der Waals surface area contributed by atoms with Gasteiger partial charge in [0.1, 0.15) is 12.3 Å². The number of carbonyl (C=O) groups excluding carboxylic acids is 1. The second kappa shape index (κ2) is 6.09. The van der Waals surface area contributed by atoms with Gasteiger partial charge >= 0.3 is 0 Å². The Morgan fingerprint density at radius 2 is 2.20 bits per heavy atom. The lowest BCUT2D eigenvalue weighted by molar-refractivity contribution is -0.129. The van der Waals surface area contributed by atoms with Gasteiger partial charge in [-0.05, 0) is 22.0 Å². The van der Waals surface area contributed by atoms with E-state index in [1.54, 1.807) is 37.0 Å². The van der Waals surface area contributed by atoms with Crippen molar-refractivity contribution in [3.05, 3.63) is 35.1 Å². The van der Waals surface area contributed by atoms with Crippen molar-refractivity contribution in [3.63, 3.8) is 0 Å². The summed E-state index contributed by atoms with van der Waals surface area (Å²) in [6, 6.07) is 5.81. The molecule has 20 heavy (non-hydrogen) atoms. The van der Waals surface area contributed by atoms with Crippen molar-refractivity contribution >= 4 is 21.8 Å². The summed E-state index contributed by atoms with van der Waals surface area (Å²) in [5.74, 6) is 0.756. The van der Waals surface area contributed by atoms with E-state index in [4.69, 9.17) is 4.74 Å². The third-order valence-electron chi connectivity index (χ3n) is 2.91. The Morgan fingerprint density at radius 3 is 2.85 bits per heavy atom. The fourth-order valence-corrected chi connectivity index (χ4v) is 2.34. The van der Waals surface area contributed by atoms with Crippen LogP contribution < -0.4 is 4.74 Å². The zero-order valence-corrected chi connectivity index (χ0v) is 13.2. The molecule has 6 heteroatoms. The van der Waals surface area contributed by atoms with Crippen LogP contribution in [-0.4, -0.2) is 41.8 Å². The number of para-hydroxylation sites is 1. The molecular weight excluding hydrogens is 322 g/mol. The second-order valence-corrected chi connectivity index (χ2v) is 5.39. The lowest BCUT2D eigenvalue weighted by atomic mass is 10.1. The average molecular weight is 338 g/mol. The number of hydrogen-bond acceptors (Lipinski definition) is 3. The molecule has 1 aromatic carbocycles. The molecule has 2 rings (SSSR count). The number of aromatic nitrogens is 2. The highest BCUT2D eigenvalue weighted by molar-refractivity contribution is 9.10. The van der Waals surface area contributed by atoms with Gasteiger partial charge in [0.25, 0.3) is 0 Å². The van der Waals surface area contributed by atoms with E-state index in [1.807, 2.05) is 24.4 Å². The Morgan fingerprint density at radius 1 is 1.45 bits per heavy atom. The van der Waals surface area contributed by atoms with E-state index in [2.05, 4.69) is 21.0 Å². The number of rotatable bonds is 4. The molecule has 5 nitrogen and oxygen atoms in total. The third kappa shape index (κ3) is 3.01. The second-order valence-electron chi connectivity index (χ2n) is 4.54. The Bertz CT molecular complexity index is 623. The Balaban J connectivity index is 2.29. The molecule has 0 radical (unpaired) electrons. The molecule has 0 aliphatic heterocycles. The van der Waals surface area contributed by atoms with Gasteiger partial charge in [-0.2, -0.15) is 5.10 Å². The van der Waals surface area contributed by atoms with Gasteiger partial charge in [0.2, 0.25) is 5.91 Å². The quantitative estimate of drug-likeness (QED) is 0.860. The van der Waals surface area contributed by atoms with Crippen molar-refractivity contribution in [2.45, 2.75) is 6.54 Å². The molecule has 0 bridgehead atoms. The summed E-state index contributed by atoms with van der Waals surface area (Å²) in [5, 5.41) is 4.22. The van der Waals surface area contributed by atoms with Crippen LogP contribution in [0, 0.1) is 0 Å². The van der Waals surface area contributed by atoms with Gasteiger partial charge in [0.15, 0.2) is 0 Å². The van der Waals surface area contributed by atoms with Crippen LogP contribution in [0.1, 0.15) is 0 Å². The molecular formula is C14H16BrN3O2. The van der Waals surface area contributed by atoms with Gasteiger partial charge in [0, 0.05) is 31.4 Å². The topological polar surface area (TPSA) is 47.4 Å². The number of nitrogens with zero attached hydrogens (tertiary/aromatic N) is 3. The average Bonchev–Trinajstić information content (AvgIpc) is 2.86. The van der Waals surface area contributed by atoms with Gasteiger partial charge in [-0.1, -0.05) is 12.1 Å². The van der Waals surface area contributed by atoms with Crippen LogP contribution in [0.4, 0.5) is 0 Å². The first kappa shape index (κ1) is 14.6. The molecule has 0 saturated heterocycles. The van der Waals surface area contributed by atoms with Crippen molar-refractivity contribution < 1.29 is 9.53 Å². The maximum absolute atomic E-state index is 11.7. The van der Waals surface area contributed by atoms with Crippen LogP contribution >= 0.6 is 15.9 Å². The summed E-state index contributed by atoms with van der Waals surface area (Å²) in [6.07, 6.45) is 3.57. The van der Waals surface area contributed by atoms with E-state index in [0.717, 1.165) is 21.3 Å². The first-order chi connectivity index (χ1) is 9.52. The maximum atomic E-state index is 11.7. The number of halogens is 1. The molecule has 0 aliphatic rings. The smallest absolute Gasteiger partial charge is 0.243 e. The molecule has 0 fully saturated rings. The first-order valence-electron chi connectivity index (χ1n) is 6.08. The van der Waals surface area contributed by atoms with E-state index in [1.165, 1.54) is 0 Å². The molecule has 0 atom stereocenters. The normalized spacial score (nSPS) is 10.4. The van der Waals surface area contributed by atoms with Gasteiger partial charge in [-0.3, -0.25) is 9.48 Å². The monoisotopic (exact) mass is 337 g/mol. The van der Waals surface area contributed by atoms with E-state index in [-0.39, 0.29) is 12.5 Å². The highest BCUT2D eigenvalue weighted by Crippen LogP contribution is 2.35. The molecule has 106 valence electrons. The fraction of sp³-hybridized carbons (Fsp3) is 0.286. The van der Waals surface area contributed by atoms with E-state index in [0.29, 0.717) is 0 Å². The zero-order chi connectivity index (χ0) is 14.7. The number of benzene rings is 1. The summed E-state index contributed by atoms with van der Waals surface area (Å²) in [5.41, 5.74) is 1.85. The van der Waals surface area contributed by atoms with Crippen LogP contribution in [0.15, 0.2) is 35.1 Å². The van der Waals surface area contributed by atoms with Crippen LogP contribution in [0.2, 0.25) is 0 Å². The molecule has 1 aromatic heterocycles. The van der Waals surface area contributed by atoms with Crippen LogP contribution in [0.25, 0.3) is 11.1 Å². The van der Waals surface area contributed by atoms with Crippen molar-refractivity contribution in [2.75, 3.05) is 21.2 Å². The highest BCUT2D eigenvalue weighted by atomic mass is 79.9. The highest BCUT2D eigenvalue weighted by Gasteiger charge is 2.12. The number of amides is 1. The Kier molecular flexibility index (Phi) is 4.44.